The van der Waals surface area contributed by atoms with Gasteiger partial charge in [-0.25, -0.2) is 4.98 Å². The Labute approximate surface area is 93.2 Å². The Kier molecular flexibility index (Phi) is 2.89. The van der Waals surface area contributed by atoms with E-state index in [9.17, 15) is 0 Å². The van der Waals surface area contributed by atoms with Gasteiger partial charge in [0.2, 0.25) is 0 Å². The monoisotopic (exact) mass is 221 g/mol. The lowest BCUT2D eigenvalue weighted by atomic mass is 10.1. The Morgan fingerprint density at radius 1 is 1.43 bits per heavy atom. The highest BCUT2D eigenvalue weighted by atomic mass is 32.1. The van der Waals surface area contributed by atoms with Gasteiger partial charge < -0.3 is 0 Å². The van der Waals surface area contributed by atoms with Crippen LogP contribution in [0.15, 0.2) is 30.5 Å². The van der Waals surface area contributed by atoms with Crippen LogP contribution in [0.25, 0.3) is 10.6 Å². The van der Waals surface area contributed by atoms with E-state index in [1.807, 2.05) is 6.20 Å². The first-order valence-electron chi connectivity index (χ1n) is 4.42. The number of hydrogen-bond acceptors (Lipinski definition) is 3. The van der Waals surface area contributed by atoms with Gasteiger partial charge >= 0.3 is 0 Å². The Bertz CT molecular complexity index is 434. The highest BCUT2D eigenvalue weighted by molar-refractivity contribution is 7.79. The van der Waals surface area contributed by atoms with E-state index < -0.39 is 0 Å². The van der Waals surface area contributed by atoms with Crippen LogP contribution in [0.1, 0.15) is 10.4 Å². The largest absolute Gasteiger partial charge is 0.244 e. The first kappa shape index (κ1) is 9.74. The van der Waals surface area contributed by atoms with Crippen LogP contribution in [0.3, 0.4) is 0 Å². The molecule has 0 aliphatic rings. The van der Waals surface area contributed by atoms with E-state index >= 15 is 0 Å². The van der Waals surface area contributed by atoms with Gasteiger partial charge in [-0.05, 0) is 13.0 Å². The maximum atomic E-state index is 4.37. The summed E-state index contributed by atoms with van der Waals surface area (Å²) in [6.07, 6.45) is 1.90. The molecule has 0 saturated carbocycles. The first-order valence-corrected chi connectivity index (χ1v) is 5.87. The van der Waals surface area contributed by atoms with Crippen LogP contribution in [0.2, 0.25) is 0 Å². The number of benzene rings is 1. The van der Waals surface area contributed by atoms with E-state index in [0.717, 1.165) is 10.8 Å². The topological polar surface area (TPSA) is 12.9 Å². The fourth-order valence-electron chi connectivity index (χ4n) is 1.29. The number of aryl methyl sites for hydroxylation is 1. The number of rotatable bonds is 2. The molecule has 2 aromatic rings. The van der Waals surface area contributed by atoms with Gasteiger partial charge in [0.25, 0.3) is 0 Å². The summed E-state index contributed by atoms with van der Waals surface area (Å²) in [6.45, 7) is 2.09. The van der Waals surface area contributed by atoms with Gasteiger partial charge in [0.1, 0.15) is 5.01 Å². The first-order chi connectivity index (χ1) is 6.79. The molecular weight excluding hydrogens is 210 g/mol. The van der Waals surface area contributed by atoms with Crippen molar-refractivity contribution < 1.29 is 0 Å². The smallest absolute Gasteiger partial charge is 0.123 e. The average molecular weight is 221 g/mol. The minimum atomic E-state index is 0.767. The predicted molar refractivity (Wildman–Crippen MR) is 65.0 cm³/mol. The standard InChI is InChI=1S/C11H11NS2/c1-8-3-2-4-9(5-8)11-12-6-10(7-13)14-11/h2-6,13H,7H2,1H3. The second kappa shape index (κ2) is 4.15. The Morgan fingerprint density at radius 2 is 2.29 bits per heavy atom. The van der Waals surface area contributed by atoms with E-state index in [0.29, 0.717) is 0 Å². The molecule has 0 aliphatic heterocycles. The molecule has 0 spiro atoms. The fraction of sp³-hybridized carbons (Fsp3) is 0.182. The maximum Gasteiger partial charge on any atom is 0.123 e. The molecule has 1 nitrogen and oxygen atoms in total. The Morgan fingerprint density at radius 3 is 2.93 bits per heavy atom. The number of aromatic nitrogens is 1. The molecule has 0 atom stereocenters. The van der Waals surface area contributed by atoms with Crippen LogP contribution < -0.4 is 0 Å². The van der Waals surface area contributed by atoms with Gasteiger partial charge in [0, 0.05) is 22.4 Å². The van der Waals surface area contributed by atoms with Gasteiger partial charge in [-0.15, -0.1) is 11.3 Å². The van der Waals surface area contributed by atoms with E-state index in [1.54, 1.807) is 11.3 Å². The van der Waals surface area contributed by atoms with Crippen LogP contribution in [0, 0.1) is 6.92 Å². The highest BCUT2D eigenvalue weighted by Crippen LogP contribution is 2.26. The molecule has 0 bridgehead atoms. The van der Waals surface area contributed by atoms with Gasteiger partial charge in [0.05, 0.1) is 0 Å². The van der Waals surface area contributed by atoms with Crippen molar-refractivity contribution in [1.82, 2.24) is 4.98 Å². The molecule has 2 rings (SSSR count). The molecule has 0 unspecified atom stereocenters. The number of thiazole rings is 1. The van der Waals surface area contributed by atoms with Crippen molar-refractivity contribution in [1.29, 1.82) is 0 Å². The summed E-state index contributed by atoms with van der Waals surface area (Å²) >= 11 is 5.93. The molecule has 1 aromatic carbocycles. The normalized spacial score (nSPS) is 10.4. The molecule has 72 valence electrons. The van der Waals surface area contributed by atoms with E-state index in [-0.39, 0.29) is 0 Å². The zero-order chi connectivity index (χ0) is 9.97. The summed E-state index contributed by atoms with van der Waals surface area (Å²) in [5.74, 6) is 0.767. The summed E-state index contributed by atoms with van der Waals surface area (Å²) in [5.41, 5.74) is 2.47. The Balaban J connectivity index is 2.39. The van der Waals surface area contributed by atoms with Crippen LogP contribution in [0.4, 0.5) is 0 Å². The van der Waals surface area contributed by atoms with E-state index in [4.69, 9.17) is 0 Å². The molecule has 0 N–H and O–H groups in total. The fourth-order valence-corrected chi connectivity index (χ4v) is 2.34. The van der Waals surface area contributed by atoms with Crippen molar-refractivity contribution in [2.45, 2.75) is 12.7 Å². The third-order valence-electron chi connectivity index (χ3n) is 1.97. The maximum absolute atomic E-state index is 4.37. The molecule has 0 fully saturated rings. The summed E-state index contributed by atoms with van der Waals surface area (Å²) < 4.78 is 0. The number of nitrogens with zero attached hydrogens (tertiary/aromatic N) is 1. The zero-order valence-electron chi connectivity index (χ0n) is 7.90. The van der Waals surface area contributed by atoms with Crippen LogP contribution in [-0.4, -0.2) is 4.98 Å². The minimum Gasteiger partial charge on any atom is -0.244 e. The third kappa shape index (κ3) is 1.99. The van der Waals surface area contributed by atoms with Crippen molar-refractivity contribution in [3.63, 3.8) is 0 Å². The van der Waals surface area contributed by atoms with Crippen LogP contribution in [0.5, 0.6) is 0 Å². The minimum absolute atomic E-state index is 0.767. The molecule has 0 saturated heterocycles. The molecule has 0 aliphatic carbocycles. The SMILES string of the molecule is Cc1cccc(-c2ncc(CS)s2)c1. The molecule has 1 heterocycles. The van der Waals surface area contributed by atoms with E-state index in [2.05, 4.69) is 48.8 Å². The van der Waals surface area contributed by atoms with Crippen molar-refractivity contribution in [2.24, 2.45) is 0 Å². The van der Waals surface area contributed by atoms with Gasteiger partial charge in [0.15, 0.2) is 0 Å². The van der Waals surface area contributed by atoms with Crippen molar-refractivity contribution in [3.8, 4) is 10.6 Å². The third-order valence-corrected chi connectivity index (χ3v) is 3.58. The molecule has 0 amide bonds. The quantitative estimate of drug-likeness (QED) is 0.765. The molecule has 0 radical (unpaired) electrons. The van der Waals surface area contributed by atoms with Crippen molar-refractivity contribution in [3.05, 3.63) is 40.9 Å². The van der Waals surface area contributed by atoms with Crippen molar-refractivity contribution >= 4 is 24.0 Å². The lowest BCUT2D eigenvalue weighted by Gasteiger charge is -1.96. The van der Waals surface area contributed by atoms with E-state index in [1.165, 1.54) is 16.0 Å². The number of thiol groups is 1. The molecule has 3 heteroatoms. The van der Waals surface area contributed by atoms with Gasteiger partial charge in [-0.2, -0.15) is 12.6 Å². The second-order valence-electron chi connectivity index (χ2n) is 3.16. The second-order valence-corrected chi connectivity index (χ2v) is 4.59. The lowest BCUT2D eigenvalue weighted by molar-refractivity contribution is 1.36. The predicted octanol–water partition coefficient (Wildman–Crippen LogP) is 3.55. The average Bonchev–Trinajstić information content (AvgIpc) is 2.66. The lowest BCUT2D eigenvalue weighted by Crippen LogP contribution is -1.76. The van der Waals surface area contributed by atoms with Crippen LogP contribution in [-0.2, 0) is 5.75 Å². The molecular formula is C11H11NS2. The summed E-state index contributed by atoms with van der Waals surface area (Å²) in [4.78, 5) is 5.58. The van der Waals surface area contributed by atoms with Gasteiger partial charge in [-0.1, -0.05) is 23.8 Å². The van der Waals surface area contributed by atoms with Crippen LogP contribution >= 0.6 is 24.0 Å². The highest BCUT2D eigenvalue weighted by Gasteiger charge is 2.03. The number of hydrogen-bond donors (Lipinski definition) is 1. The van der Waals surface area contributed by atoms with Crippen molar-refractivity contribution in [2.75, 3.05) is 0 Å². The summed E-state index contributed by atoms with van der Waals surface area (Å²) in [6, 6.07) is 8.40. The summed E-state index contributed by atoms with van der Waals surface area (Å²) in [7, 11) is 0. The molecule has 14 heavy (non-hydrogen) atoms. The molecule has 1 aromatic heterocycles. The van der Waals surface area contributed by atoms with Gasteiger partial charge in [-0.3, -0.25) is 0 Å². The zero-order valence-corrected chi connectivity index (χ0v) is 9.61. The summed E-state index contributed by atoms with van der Waals surface area (Å²) in [5, 5.41) is 1.08. The Hall–Kier alpha value is -0.800.